The summed E-state index contributed by atoms with van der Waals surface area (Å²) in [5, 5.41) is 0.630. The van der Waals surface area contributed by atoms with Crippen molar-refractivity contribution >= 4 is 30.6 Å². The van der Waals surface area contributed by atoms with Gasteiger partial charge in [-0.25, -0.2) is 8.78 Å². The predicted octanol–water partition coefficient (Wildman–Crippen LogP) is 5.37. The maximum absolute atomic E-state index is 13.6. The molecule has 0 unspecified atom stereocenters. The van der Waals surface area contributed by atoms with Gasteiger partial charge in [0.1, 0.15) is 11.6 Å². The lowest BCUT2D eigenvalue weighted by molar-refractivity contribution is 0.630. The molecule has 0 aliphatic heterocycles. The summed E-state index contributed by atoms with van der Waals surface area (Å²) < 4.78 is 28.8. The largest absolute Gasteiger partial charge is 0.288 e. The van der Waals surface area contributed by atoms with Crippen molar-refractivity contribution in [1.29, 1.82) is 0 Å². The van der Waals surface area contributed by atoms with Gasteiger partial charge >= 0.3 is 0 Å². The van der Waals surface area contributed by atoms with Crippen LogP contribution in [0.2, 0.25) is 0 Å². The summed E-state index contributed by atoms with van der Waals surface area (Å²) in [5.74, 6) is -0.929. The van der Waals surface area contributed by atoms with Gasteiger partial charge in [-0.05, 0) is 36.4 Å². The first kappa shape index (κ1) is 14.0. The van der Waals surface area contributed by atoms with Gasteiger partial charge in [0.15, 0.2) is 14.3 Å². The van der Waals surface area contributed by atoms with E-state index in [0.29, 0.717) is 10.8 Å². The fourth-order valence-corrected chi connectivity index (χ4v) is 5.11. The average molecular weight is 325 g/mol. The van der Waals surface area contributed by atoms with Crippen LogP contribution in [0.4, 0.5) is 8.78 Å². The Kier molecular flexibility index (Phi) is 3.20. The second-order valence-corrected chi connectivity index (χ2v) is 7.19. The van der Waals surface area contributed by atoms with Crippen molar-refractivity contribution < 1.29 is 8.78 Å². The van der Waals surface area contributed by atoms with Crippen molar-refractivity contribution in [2.75, 3.05) is 0 Å². The van der Waals surface area contributed by atoms with Gasteiger partial charge in [-0.2, -0.15) is 0 Å². The highest BCUT2D eigenvalue weighted by atomic mass is 32.2. The number of hydrogen-bond acceptors (Lipinski definition) is 1. The molecule has 4 aromatic rings. The first-order chi connectivity index (χ1) is 11.1. The van der Waals surface area contributed by atoms with Crippen LogP contribution < -0.4 is 5.43 Å². The number of hydrogen-bond donors (Lipinski definition) is 0. The van der Waals surface area contributed by atoms with Crippen molar-refractivity contribution in [3.63, 3.8) is 0 Å². The van der Waals surface area contributed by atoms with Crippen LogP contribution in [0.15, 0.2) is 71.5 Å². The van der Waals surface area contributed by atoms with Crippen LogP contribution in [-0.4, -0.2) is 0 Å². The van der Waals surface area contributed by atoms with Crippen LogP contribution in [0, 0.1) is 11.6 Å². The molecule has 0 bridgehead atoms. The van der Waals surface area contributed by atoms with E-state index in [9.17, 15) is 13.6 Å². The van der Waals surface area contributed by atoms with Crippen LogP contribution in [0.5, 0.6) is 0 Å². The van der Waals surface area contributed by atoms with Gasteiger partial charge in [-0.3, -0.25) is 4.79 Å². The lowest BCUT2D eigenvalue weighted by Crippen LogP contribution is -2.03. The molecular weight excluding hydrogens is 314 g/mol. The zero-order valence-electron chi connectivity index (χ0n) is 11.9. The van der Waals surface area contributed by atoms with Gasteiger partial charge in [0.25, 0.3) is 0 Å². The molecular formula is C19H11F2OS+. The highest BCUT2D eigenvalue weighted by molar-refractivity contribution is 7.49. The van der Waals surface area contributed by atoms with E-state index in [4.69, 9.17) is 0 Å². The van der Waals surface area contributed by atoms with Crippen molar-refractivity contribution in [1.82, 2.24) is 0 Å². The lowest BCUT2D eigenvalue weighted by Gasteiger charge is -2.03. The van der Waals surface area contributed by atoms with E-state index < -0.39 is 22.1 Å². The molecule has 0 saturated carbocycles. The average Bonchev–Trinajstić information content (AvgIpc) is 2.57. The molecule has 3 aromatic carbocycles. The standard InChI is InChI=1S/C19H11F2OS/c20-12-6-8-17-15(10-12)19(22)16-11-13(21)7-9-18(16)23(17)14-4-2-1-3-5-14/h1-11H/q+1. The fraction of sp³-hybridized carbons (Fsp3) is 0. The monoisotopic (exact) mass is 325 g/mol. The van der Waals surface area contributed by atoms with Crippen molar-refractivity contribution in [3.8, 4) is 4.90 Å². The van der Waals surface area contributed by atoms with E-state index in [1.165, 1.54) is 24.3 Å². The van der Waals surface area contributed by atoms with E-state index in [-0.39, 0.29) is 5.43 Å². The zero-order chi connectivity index (χ0) is 16.0. The number of fused-ring (bicyclic) bond motifs is 2. The summed E-state index contributed by atoms with van der Waals surface area (Å²) in [6, 6.07) is 18.2. The molecule has 112 valence electrons. The van der Waals surface area contributed by atoms with Crippen LogP contribution in [0.1, 0.15) is 0 Å². The first-order valence-electron chi connectivity index (χ1n) is 7.08. The molecule has 0 amide bonds. The molecule has 0 spiro atoms. The van der Waals surface area contributed by atoms with Crippen LogP contribution in [-0.2, 0) is 0 Å². The highest BCUT2D eigenvalue weighted by Crippen LogP contribution is 2.43. The van der Waals surface area contributed by atoms with Gasteiger partial charge in [0.05, 0.1) is 10.8 Å². The minimum atomic E-state index is -0.549. The molecule has 1 heterocycles. The minimum absolute atomic E-state index is 0.315. The third-order valence-electron chi connectivity index (χ3n) is 3.79. The van der Waals surface area contributed by atoms with E-state index in [1.54, 1.807) is 12.1 Å². The summed E-state index contributed by atoms with van der Waals surface area (Å²) in [6.07, 6.45) is 0. The van der Waals surface area contributed by atoms with Gasteiger partial charge in [-0.15, -0.1) is 0 Å². The first-order valence-corrected chi connectivity index (χ1v) is 8.31. The highest BCUT2D eigenvalue weighted by Gasteiger charge is 2.23. The summed E-state index contributed by atoms with van der Waals surface area (Å²) >= 11 is 0. The van der Waals surface area contributed by atoms with E-state index >= 15 is 0 Å². The predicted molar refractivity (Wildman–Crippen MR) is 91.5 cm³/mol. The molecule has 23 heavy (non-hydrogen) atoms. The molecule has 0 N–H and O–H groups in total. The third kappa shape index (κ3) is 2.23. The van der Waals surface area contributed by atoms with Gasteiger partial charge in [0.2, 0.25) is 5.43 Å². The number of halogens is 2. The molecule has 0 radical (unpaired) electrons. The lowest BCUT2D eigenvalue weighted by atomic mass is 10.2. The summed E-state index contributed by atoms with van der Waals surface area (Å²) in [5.41, 5.74) is -0.325. The van der Waals surface area contributed by atoms with Gasteiger partial charge in [-0.1, -0.05) is 18.2 Å². The van der Waals surface area contributed by atoms with E-state index in [1.807, 2.05) is 30.3 Å². The molecule has 4 rings (SSSR count). The molecule has 1 nitrogen and oxygen atoms in total. The molecule has 1 aromatic heterocycles. The summed E-state index contributed by atoms with van der Waals surface area (Å²) in [4.78, 5) is 13.7. The Morgan fingerprint density at radius 2 is 1.22 bits per heavy atom. The van der Waals surface area contributed by atoms with Crippen molar-refractivity contribution in [3.05, 3.63) is 88.6 Å². The Labute approximate surface area is 133 Å². The Morgan fingerprint density at radius 3 is 1.74 bits per heavy atom. The Balaban J connectivity index is 2.30. The second kappa shape index (κ2) is 5.25. The maximum atomic E-state index is 13.6. The van der Waals surface area contributed by atoms with Crippen molar-refractivity contribution in [2.24, 2.45) is 0 Å². The minimum Gasteiger partial charge on any atom is -0.288 e. The van der Waals surface area contributed by atoms with Crippen LogP contribution in [0.25, 0.3) is 25.1 Å². The normalized spacial score (nSPS) is 11.2. The van der Waals surface area contributed by atoms with Gasteiger partial charge < -0.3 is 0 Å². The van der Waals surface area contributed by atoms with E-state index in [2.05, 4.69) is 0 Å². The zero-order valence-corrected chi connectivity index (χ0v) is 12.7. The van der Waals surface area contributed by atoms with Crippen molar-refractivity contribution in [2.45, 2.75) is 0 Å². The van der Waals surface area contributed by atoms with Crippen LogP contribution >= 0.6 is 10.5 Å². The Hall–Kier alpha value is -2.59. The van der Waals surface area contributed by atoms with Gasteiger partial charge in [0, 0.05) is 22.6 Å². The fourth-order valence-electron chi connectivity index (χ4n) is 2.79. The quantitative estimate of drug-likeness (QED) is 0.340. The molecule has 4 heteroatoms. The molecule has 0 saturated heterocycles. The maximum Gasteiger partial charge on any atom is 0.204 e. The molecule has 0 atom stereocenters. The third-order valence-corrected chi connectivity index (χ3v) is 6.13. The van der Waals surface area contributed by atoms with E-state index in [0.717, 1.165) is 14.3 Å². The molecule has 0 aliphatic carbocycles. The van der Waals surface area contributed by atoms with Crippen LogP contribution in [0.3, 0.4) is 0 Å². The smallest absolute Gasteiger partial charge is 0.204 e. The Bertz CT molecular complexity index is 1040. The number of benzene rings is 3. The molecule has 0 fully saturated rings. The second-order valence-electron chi connectivity index (χ2n) is 5.23. The topological polar surface area (TPSA) is 17.1 Å². The summed E-state index contributed by atoms with van der Waals surface area (Å²) in [6.45, 7) is 0. The number of rotatable bonds is 1. The summed E-state index contributed by atoms with van der Waals surface area (Å²) in [7, 11) is -0.549. The molecule has 0 aliphatic rings. The Morgan fingerprint density at radius 1 is 0.696 bits per heavy atom. The SMILES string of the molecule is O=c1c2cc(F)ccc2[s+](-c2ccccc2)c2ccc(F)cc12.